The molecule has 2 atom stereocenters. The summed E-state index contributed by atoms with van der Waals surface area (Å²) in [6, 6.07) is 0.0551. The smallest absolute Gasteiger partial charge is 0.291 e. The first kappa shape index (κ1) is 13.9. The summed E-state index contributed by atoms with van der Waals surface area (Å²) in [5.74, 6) is 0.580. The van der Waals surface area contributed by atoms with Gasteiger partial charge in [-0.05, 0) is 25.2 Å². The van der Waals surface area contributed by atoms with Crippen molar-refractivity contribution in [3.8, 4) is 0 Å². The third-order valence-corrected chi connectivity index (χ3v) is 4.95. The number of nitrogens with zero attached hydrogens (tertiary/aromatic N) is 2. The Balaban J connectivity index is 1.83. The van der Waals surface area contributed by atoms with Crippen LogP contribution in [0.4, 0.5) is 5.69 Å². The van der Waals surface area contributed by atoms with E-state index in [1.54, 1.807) is 0 Å². The second kappa shape index (κ2) is 4.74. The average Bonchev–Trinajstić information content (AvgIpc) is 3.20. The van der Waals surface area contributed by atoms with Crippen LogP contribution in [0.2, 0.25) is 5.02 Å². The van der Waals surface area contributed by atoms with Gasteiger partial charge in [0.1, 0.15) is 5.69 Å². The molecule has 2 saturated carbocycles. The van der Waals surface area contributed by atoms with Crippen LogP contribution in [0.5, 0.6) is 0 Å². The van der Waals surface area contributed by atoms with E-state index in [-0.39, 0.29) is 23.1 Å². The van der Waals surface area contributed by atoms with Crippen LogP contribution in [-0.2, 0) is 6.54 Å². The van der Waals surface area contributed by atoms with Crippen molar-refractivity contribution in [2.75, 3.05) is 5.32 Å². The number of aliphatic hydroxyl groups excluding tert-OH is 1. The van der Waals surface area contributed by atoms with Crippen LogP contribution in [0.15, 0.2) is 11.0 Å². The highest BCUT2D eigenvalue weighted by molar-refractivity contribution is 6.33. The van der Waals surface area contributed by atoms with Crippen molar-refractivity contribution in [2.45, 2.75) is 51.8 Å². The Morgan fingerprint density at radius 3 is 2.80 bits per heavy atom. The molecule has 2 N–H and O–H groups in total. The summed E-state index contributed by atoms with van der Waals surface area (Å²) in [5, 5.41) is 17.4. The molecule has 110 valence electrons. The molecular weight excluding hydrogens is 278 g/mol. The lowest BCUT2D eigenvalue weighted by Gasteiger charge is -2.49. The maximum atomic E-state index is 12.4. The first-order valence-corrected chi connectivity index (χ1v) is 7.47. The predicted molar refractivity (Wildman–Crippen MR) is 78.0 cm³/mol. The fourth-order valence-corrected chi connectivity index (χ4v) is 2.77. The minimum atomic E-state index is -0.339. The van der Waals surface area contributed by atoms with E-state index in [2.05, 4.69) is 10.4 Å². The molecule has 0 aromatic carbocycles. The molecule has 1 heterocycles. The van der Waals surface area contributed by atoms with E-state index in [0.717, 1.165) is 0 Å². The first-order valence-electron chi connectivity index (χ1n) is 7.10. The molecule has 0 bridgehead atoms. The molecule has 1 aromatic heterocycles. The van der Waals surface area contributed by atoms with Gasteiger partial charge in [0.2, 0.25) is 0 Å². The van der Waals surface area contributed by atoms with Gasteiger partial charge in [-0.25, -0.2) is 4.68 Å². The average molecular weight is 298 g/mol. The molecule has 0 saturated heterocycles. The van der Waals surface area contributed by atoms with Gasteiger partial charge in [0.25, 0.3) is 5.56 Å². The van der Waals surface area contributed by atoms with E-state index < -0.39 is 0 Å². The van der Waals surface area contributed by atoms with Gasteiger partial charge < -0.3 is 10.4 Å². The van der Waals surface area contributed by atoms with E-state index >= 15 is 0 Å². The monoisotopic (exact) mass is 297 g/mol. The van der Waals surface area contributed by atoms with Crippen LogP contribution < -0.4 is 10.9 Å². The SMILES string of the molecule is CC1(C)C(O)CC1Nc1c(Cl)cnn(CC2CC2)c1=O. The van der Waals surface area contributed by atoms with Gasteiger partial charge in [0, 0.05) is 18.0 Å². The van der Waals surface area contributed by atoms with Crippen molar-refractivity contribution >= 4 is 17.3 Å². The van der Waals surface area contributed by atoms with Gasteiger partial charge in [-0.15, -0.1) is 0 Å². The fraction of sp³-hybridized carbons (Fsp3) is 0.714. The van der Waals surface area contributed by atoms with Crippen molar-refractivity contribution in [3.05, 3.63) is 21.6 Å². The number of nitrogens with one attached hydrogen (secondary N) is 1. The lowest BCUT2D eigenvalue weighted by atomic mass is 9.64. The van der Waals surface area contributed by atoms with Gasteiger partial charge in [-0.1, -0.05) is 25.4 Å². The third kappa shape index (κ3) is 2.33. The van der Waals surface area contributed by atoms with Gasteiger partial charge >= 0.3 is 0 Å². The molecule has 2 unspecified atom stereocenters. The Kier molecular flexibility index (Phi) is 3.29. The molecule has 0 amide bonds. The van der Waals surface area contributed by atoms with Crippen LogP contribution in [0, 0.1) is 11.3 Å². The molecule has 6 heteroatoms. The zero-order valence-electron chi connectivity index (χ0n) is 11.8. The lowest BCUT2D eigenvalue weighted by Crippen LogP contribution is -2.57. The van der Waals surface area contributed by atoms with E-state index in [1.165, 1.54) is 23.7 Å². The first-order chi connectivity index (χ1) is 9.39. The van der Waals surface area contributed by atoms with Crippen LogP contribution in [0.1, 0.15) is 33.1 Å². The molecule has 2 fully saturated rings. The van der Waals surface area contributed by atoms with E-state index in [0.29, 0.717) is 29.6 Å². The van der Waals surface area contributed by atoms with Gasteiger partial charge in [0.15, 0.2) is 0 Å². The summed E-state index contributed by atoms with van der Waals surface area (Å²) in [6.07, 6.45) is 4.15. The van der Waals surface area contributed by atoms with E-state index in [1.807, 2.05) is 13.8 Å². The number of rotatable bonds is 4. The number of halogens is 1. The Morgan fingerprint density at radius 2 is 2.25 bits per heavy atom. The zero-order valence-corrected chi connectivity index (χ0v) is 12.5. The van der Waals surface area contributed by atoms with Crippen LogP contribution in [0.25, 0.3) is 0 Å². The van der Waals surface area contributed by atoms with Gasteiger partial charge in [-0.3, -0.25) is 4.79 Å². The number of aliphatic hydroxyl groups is 1. The van der Waals surface area contributed by atoms with Crippen molar-refractivity contribution in [3.63, 3.8) is 0 Å². The minimum absolute atomic E-state index is 0.0551. The highest BCUT2D eigenvalue weighted by atomic mass is 35.5. The fourth-order valence-electron chi connectivity index (χ4n) is 2.60. The van der Waals surface area contributed by atoms with Gasteiger partial charge in [0.05, 0.1) is 17.3 Å². The van der Waals surface area contributed by atoms with Gasteiger partial charge in [-0.2, -0.15) is 5.10 Å². The second-order valence-electron chi connectivity index (χ2n) is 6.57. The molecular formula is C14H20ClN3O2. The quantitative estimate of drug-likeness (QED) is 0.890. The summed E-state index contributed by atoms with van der Waals surface area (Å²) in [5.41, 5.74) is -0.00531. The molecule has 2 aliphatic carbocycles. The highest BCUT2D eigenvalue weighted by Gasteiger charge is 2.47. The Bertz CT molecular complexity index is 580. The number of hydrogen-bond acceptors (Lipinski definition) is 4. The summed E-state index contributed by atoms with van der Waals surface area (Å²) in [6.45, 7) is 4.63. The summed E-state index contributed by atoms with van der Waals surface area (Å²) < 4.78 is 1.49. The molecule has 0 spiro atoms. The summed E-state index contributed by atoms with van der Waals surface area (Å²) in [7, 11) is 0. The zero-order chi connectivity index (χ0) is 14.5. The summed E-state index contributed by atoms with van der Waals surface area (Å²) >= 11 is 6.11. The molecule has 5 nitrogen and oxygen atoms in total. The topological polar surface area (TPSA) is 67.2 Å². The van der Waals surface area contributed by atoms with E-state index in [4.69, 9.17) is 11.6 Å². The Hall–Kier alpha value is -1.07. The molecule has 1 aromatic rings. The standard InChI is InChI=1S/C14H20ClN3O2/c1-14(2)10(5-11(14)19)17-12-9(15)6-16-18(13(12)20)7-8-3-4-8/h6,8,10-11,17,19H,3-5,7H2,1-2H3. The minimum Gasteiger partial charge on any atom is -0.392 e. The van der Waals surface area contributed by atoms with Crippen molar-refractivity contribution < 1.29 is 5.11 Å². The molecule has 20 heavy (non-hydrogen) atoms. The number of aromatic nitrogens is 2. The maximum absolute atomic E-state index is 12.4. The normalized spacial score (nSPS) is 28.0. The number of anilines is 1. The van der Waals surface area contributed by atoms with Crippen molar-refractivity contribution in [1.29, 1.82) is 0 Å². The molecule has 0 radical (unpaired) electrons. The van der Waals surface area contributed by atoms with Crippen molar-refractivity contribution in [2.24, 2.45) is 11.3 Å². The predicted octanol–water partition coefficient (Wildman–Crippen LogP) is 1.88. The van der Waals surface area contributed by atoms with Crippen LogP contribution >= 0.6 is 11.6 Å². The Labute approximate surface area is 122 Å². The van der Waals surface area contributed by atoms with E-state index in [9.17, 15) is 9.90 Å². The largest absolute Gasteiger partial charge is 0.392 e. The third-order valence-electron chi connectivity index (χ3n) is 4.66. The highest BCUT2D eigenvalue weighted by Crippen LogP contribution is 2.42. The lowest BCUT2D eigenvalue weighted by molar-refractivity contribution is -0.0511. The summed E-state index contributed by atoms with van der Waals surface area (Å²) in [4.78, 5) is 12.4. The number of hydrogen-bond donors (Lipinski definition) is 2. The molecule has 0 aliphatic heterocycles. The maximum Gasteiger partial charge on any atom is 0.291 e. The second-order valence-corrected chi connectivity index (χ2v) is 6.98. The molecule has 2 aliphatic rings. The molecule has 3 rings (SSSR count). The van der Waals surface area contributed by atoms with Crippen LogP contribution in [0.3, 0.4) is 0 Å². The Morgan fingerprint density at radius 1 is 1.55 bits per heavy atom. The van der Waals surface area contributed by atoms with Crippen LogP contribution in [-0.4, -0.2) is 27.0 Å². The van der Waals surface area contributed by atoms with Crippen molar-refractivity contribution in [1.82, 2.24) is 9.78 Å².